The van der Waals surface area contributed by atoms with Gasteiger partial charge in [-0.15, -0.1) is 0 Å². The molecule has 5 nitrogen and oxygen atoms in total. The van der Waals surface area contributed by atoms with Gasteiger partial charge in [-0.1, -0.05) is 13.8 Å². The van der Waals surface area contributed by atoms with Crippen LogP contribution >= 0.6 is 0 Å². The Kier molecular flexibility index (Phi) is 4.42. The molecule has 2 rings (SSSR count). The Hall–Kier alpha value is -0.650. The highest BCUT2D eigenvalue weighted by molar-refractivity contribution is 5.77. The third-order valence-corrected chi connectivity index (χ3v) is 5.51. The number of amides is 1. The zero-order valence-electron chi connectivity index (χ0n) is 13.4. The number of rotatable bonds is 4. The molecule has 1 amide bonds. The summed E-state index contributed by atoms with van der Waals surface area (Å²) in [5.41, 5.74) is -0.166. The van der Waals surface area contributed by atoms with E-state index in [0.29, 0.717) is 13.0 Å². The molecule has 116 valence electrons. The van der Waals surface area contributed by atoms with Crippen molar-refractivity contribution in [3.63, 3.8) is 0 Å². The molecule has 3 unspecified atom stereocenters. The summed E-state index contributed by atoms with van der Waals surface area (Å²) < 4.78 is 11.0. The Labute approximate surface area is 122 Å². The number of morpholine rings is 1. The van der Waals surface area contributed by atoms with Gasteiger partial charge in [-0.25, -0.2) is 0 Å². The number of hydrogen-bond acceptors (Lipinski definition) is 4. The Bertz CT molecular complexity index is 366. The molecule has 0 bridgehead atoms. The maximum Gasteiger partial charge on any atom is 0.224 e. The summed E-state index contributed by atoms with van der Waals surface area (Å²) in [5, 5.41) is 3.33. The summed E-state index contributed by atoms with van der Waals surface area (Å²) in [6, 6.07) is 0.389. The summed E-state index contributed by atoms with van der Waals surface area (Å²) in [6.07, 6.45) is 1.40. The number of nitrogens with zero attached hydrogens (tertiary/aromatic N) is 1. The number of carbonyl (C=O) groups excluding carboxylic acids is 1. The summed E-state index contributed by atoms with van der Waals surface area (Å²) in [5.74, 6) is 0.184. The Morgan fingerprint density at radius 2 is 2.15 bits per heavy atom. The van der Waals surface area contributed by atoms with Crippen LogP contribution in [0.25, 0.3) is 0 Å². The first-order valence-electron chi connectivity index (χ1n) is 7.44. The van der Waals surface area contributed by atoms with Crippen molar-refractivity contribution < 1.29 is 14.3 Å². The zero-order valence-corrected chi connectivity index (χ0v) is 13.4. The van der Waals surface area contributed by atoms with E-state index in [1.165, 1.54) is 0 Å². The second kappa shape index (κ2) is 5.62. The van der Waals surface area contributed by atoms with Crippen LogP contribution in [0.3, 0.4) is 0 Å². The summed E-state index contributed by atoms with van der Waals surface area (Å²) in [4.78, 5) is 14.3. The van der Waals surface area contributed by atoms with E-state index in [1.807, 2.05) is 11.9 Å². The van der Waals surface area contributed by atoms with E-state index in [-0.39, 0.29) is 29.0 Å². The fourth-order valence-corrected chi connectivity index (χ4v) is 3.36. The van der Waals surface area contributed by atoms with Crippen molar-refractivity contribution >= 4 is 5.91 Å². The van der Waals surface area contributed by atoms with Crippen molar-refractivity contribution in [2.75, 3.05) is 33.9 Å². The van der Waals surface area contributed by atoms with Gasteiger partial charge >= 0.3 is 0 Å². The van der Waals surface area contributed by atoms with Gasteiger partial charge in [0.1, 0.15) is 0 Å². The van der Waals surface area contributed by atoms with Crippen molar-refractivity contribution in [2.24, 2.45) is 5.41 Å². The normalized spacial score (nSPS) is 36.2. The third-order valence-electron chi connectivity index (χ3n) is 5.51. The van der Waals surface area contributed by atoms with Gasteiger partial charge in [-0.2, -0.15) is 0 Å². The quantitative estimate of drug-likeness (QED) is 0.837. The average molecular weight is 284 g/mol. The second-order valence-corrected chi connectivity index (χ2v) is 6.81. The highest BCUT2D eigenvalue weighted by Gasteiger charge is 2.59. The van der Waals surface area contributed by atoms with Gasteiger partial charge < -0.3 is 19.7 Å². The van der Waals surface area contributed by atoms with Crippen LogP contribution in [-0.2, 0) is 14.3 Å². The minimum Gasteiger partial charge on any atom is -0.378 e. The molecule has 5 heteroatoms. The molecule has 1 aliphatic carbocycles. The molecule has 2 fully saturated rings. The monoisotopic (exact) mass is 284 g/mol. The van der Waals surface area contributed by atoms with Gasteiger partial charge in [0.2, 0.25) is 5.91 Å². The van der Waals surface area contributed by atoms with Crippen molar-refractivity contribution in [3.8, 4) is 0 Å². The Morgan fingerprint density at radius 3 is 2.65 bits per heavy atom. The molecule has 20 heavy (non-hydrogen) atoms. The van der Waals surface area contributed by atoms with E-state index in [1.54, 1.807) is 7.11 Å². The number of methoxy groups -OCH3 is 1. The van der Waals surface area contributed by atoms with E-state index in [2.05, 4.69) is 26.1 Å². The number of hydrogen-bond donors (Lipinski definition) is 1. The molecule has 2 aliphatic rings. The third kappa shape index (κ3) is 2.59. The number of ether oxygens (including phenoxy) is 2. The molecule has 1 heterocycles. The summed E-state index contributed by atoms with van der Waals surface area (Å²) >= 11 is 0. The van der Waals surface area contributed by atoms with Crippen LogP contribution < -0.4 is 5.32 Å². The van der Waals surface area contributed by atoms with Gasteiger partial charge in [-0.3, -0.25) is 4.79 Å². The van der Waals surface area contributed by atoms with E-state index in [4.69, 9.17) is 9.47 Å². The fourth-order valence-electron chi connectivity index (χ4n) is 3.36. The lowest BCUT2D eigenvalue weighted by molar-refractivity contribution is -0.207. The maximum atomic E-state index is 12.4. The van der Waals surface area contributed by atoms with E-state index < -0.39 is 0 Å². The molecule has 1 N–H and O–H groups in total. The average Bonchev–Trinajstić information content (AvgIpc) is 2.44. The number of carbonyl (C=O) groups is 1. The standard InChI is InChI=1S/C15H28N2O3/c1-14(2)12(9-15(14,3)19-5)17(4)13(18)8-11-10-20-7-6-16-11/h11-12,16H,6-10H2,1-5H3. The molecule has 1 aliphatic heterocycles. The second-order valence-electron chi connectivity index (χ2n) is 6.81. The van der Waals surface area contributed by atoms with E-state index >= 15 is 0 Å². The van der Waals surface area contributed by atoms with Gasteiger partial charge in [-0.05, 0) is 13.3 Å². The van der Waals surface area contributed by atoms with Crippen LogP contribution in [0.1, 0.15) is 33.6 Å². The number of nitrogens with one attached hydrogen (secondary N) is 1. The molecule has 0 spiro atoms. The highest BCUT2D eigenvalue weighted by atomic mass is 16.5. The van der Waals surface area contributed by atoms with E-state index in [0.717, 1.165) is 19.6 Å². The van der Waals surface area contributed by atoms with Crippen LogP contribution in [-0.4, -0.2) is 62.4 Å². The van der Waals surface area contributed by atoms with Crippen molar-refractivity contribution in [1.29, 1.82) is 0 Å². The first-order chi connectivity index (χ1) is 9.32. The van der Waals surface area contributed by atoms with Gasteiger partial charge in [0.15, 0.2) is 0 Å². The molecule has 3 atom stereocenters. The molecular formula is C15H28N2O3. The van der Waals surface area contributed by atoms with Crippen LogP contribution in [0.4, 0.5) is 0 Å². The van der Waals surface area contributed by atoms with Crippen molar-refractivity contribution in [2.45, 2.75) is 51.3 Å². The van der Waals surface area contributed by atoms with Crippen molar-refractivity contribution in [1.82, 2.24) is 10.2 Å². The molecule has 0 aromatic heterocycles. The lowest BCUT2D eigenvalue weighted by atomic mass is 9.55. The molecule has 1 saturated carbocycles. The van der Waals surface area contributed by atoms with Crippen LogP contribution in [0, 0.1) is 5.41 Å². The minimum absolute atomic E-state index is 0.0251. The lowest BCUT2D eigenvalue weighted by Crippen LogP contribution is -2.68. The summed E-state index contributed by atoms with van der Waals surface area (Å²) in [7, 11) is 3.66. The largest absolute Gasteiger partial charge is 0.378 e. The maximum absolute atomic E-state index is 12.4. The first kappa shape index (κ1) is 15.7. The molecular weight excluding hydrogens is 256 g/mol. The summed E-state index contributed by atoms with van der Waals surface area (Å²) in [6.45, 7) is 8.68. The van der Waals surface area contributed by atoms with Gasteiger partial charge in [0, 0.05) is 44.6 Å². The van der Waals surface area contributed by atoms with E-state index in [9.17, 15) is 4.79 Å². The van der Waals surface area contributed by atoms with Crippen molar-refractivity contribution in [3.05, 3.63) is 0 Å². The SMILES string of the molecule is COC1(C)CC(N(C)C(=O)CC2COCCN2)C1(C)C. The lowest BCUT2D eigenvalue weighted by Gasteiger charge is -2.61. The molecule has 0 radical (unpaired) electrons. The first-order valence-corrected chi connectivity index (χ1v) is 7.44. The highest BCUT2D eigenvalue weighted by Crippen LogP contribution is 2.53. The Morgan fingerprint density at radius 1 is 1.45 bits per heavy atom. The van der Waals surface area contributed by atoms with Crippen LogP contribution in [0.5, 0.6) is 0 Å². The minimum atomic E-state index is -0.140. The Balaban J connectivity index is 1.91. The van der Waals surface area contributed by atoms with Crippen LogP contribution in [0.2, 0.25) is 0 Å². The zero-order chi connectivity index (χ0) is 15.0. The predicted octanol–water partition coefficient (Wildman–Crippen LogP) is 1.03. The van der Waals surface area contributed by atoms with Gasteiger partial charge in [0.05, 0.1) is 18.8 Å². The molecule has 1 saturated heterocycles. The smallest absolute Gasteiger partial charge is 0.224 e. The molecule has 0 aromatic rings. The van der Waals surface area contributed by atoms with Crippen LogP contribution in [0.15, 0.2) is 0 Å². The fraction of sp³-hybridized carbons (Fsp3) is 0.933. The molecule has 0 aromatic carbocycles. The topological polar surface area (TPSA) is 50.8 Å². The van der Waals surface area contributed by atoms with Gasteiger partial charge in [0.25, 0.3) is 0 Å². The predicted molar refractivity (Wildman–Crippen MR) is 77.6 cm³/mol.